The number of halogens is 2. The molecule has 162 valence electrons. The zero-order valence-corrected chi connectivity index (χ0v) is 17.3. The van der Waals surface area contributed by atoms with Gasteiger partial charge in [-0.1, -0.05) is 25.1 Å². The van der Waals surface area contributed by atoms with E-state index in [4.69, 9.17) is 4.74 Å². The van der Waals surface area contributed by atoms with Gasteiger partial charge in [0.05, 0.1) is 17.9 Å². The Morgan fingerprint density at radius 1 is 0.875 bits per heavy atom. The first kappa shape index (κ1) is 21.2. The lowest BCUT2D eigenvalue weighted by molar-refractivity contribution is -0.120. The summed E-state index contributed by atoms with van der Waals surface area (Å²) in [4.78, 5) is 27.8. The second-order valence-corrected chi connectivity index (χ2v) is 7.18. The van der Waals surface area contributed by atoms with Crippen LogP contribution in [-0.4, -0.2) is 18.4 Å². The molecule has 0 bridgehead atoms. The minimum atomic E-state index is -0.578. The average Bonchev–Trinajstić information content (AvgIpc) is 3.04. The van der Waals surface area contributed by atoms with Crippen molar-refractivity contribution in [3.63, 3.8) is 0 Å². The molecule has 1 heterocycles. The predicted octanol–water partition coefficient (Wildman–Crippen LogP) is 5.15. The first-order valence-electron chi connectivity index (χ1n) is 10.1. The first-order chi connectivity index (χ1) is 15.5. The lowest BCUT2D eigenvalue weighted by atomic mass is 10.0. The summed E-state index contributed by atoms with van der Waals surface area (Å²) in [5, 5.41) is 2.94. The van der Waals surface area contributed by atoms with Crippen LogP contribution in [0.4, 0.5) is 20.2 Å². The summed E-state index contributed by atoms with van der Waals surface area (Å²) in [5.74, 6) is -1.49. The molecule has 7 heteroatoms. The van der Waals surface area contributed by atoms with Gasteiger partial charge in [0.1, 0.15) is 23.1 Å². The molecule has 4 rings (SSSR count). The van der Waals surface area contributed by atoms with Gasteiger partial charge in [-0.15, -0.1) is 0 Å². The predicted molar refractivity (Wildman–Crippen MR) is 118 cm³/mol. The fourth-order valence-electron chi connectivity index (χ4n) is 3.37. The molecule has 1 N–H and O–H groups in total. The Kier molecular flexibility index (Phi) is 5.98. The molecule has 32 heavy (non-hydrogen) atoms. The highest BCUT2D eigenvalue weighted by Gasteiger charge is 2.40. The molecule has 0 aliphatic carbocycles. The third-order valence-corrected chi connectivity index (χ3v) is 4.88. The van der Waals surface area contributed by atoms with Crippen LogP contribution >= 0.6 is 0 Å². The number of rotatable bonds is 7. The molecule has 0 aromatic heterocycles. The van der Waals surface area contributed by atoms with Crippen molar-refractivity contribution < 1.29 is 23.1 Å². The largest absolute Gasteiger partial charge is 0.494 e. The SMILES string of the molecule is CCCOc1cccc(N2C(=O)C(Nc3ccc(F)cc3)=C(c3ccc(F)cc3)C2=O)c1. The van der Waals surface area contributed by atoms with Crippen LogP contribution in [-0.2, 0) is 9.59 Å². The minimum absolute atomic E-state index is 0.0214. The van der Waals surface area contributed by atoms with E-state index in [9.17, 15) is 18.4 Å². The van der Waals surface area contributed by atoms with Gasteiger partial charge in [-0.3, -0.25) is 9.59 Å². The molecule has 0 radical (unpaired) electrons. The van der Waals surface area contributed by atoms with E-state index < -0.39 is 23.4 Å². The number of amides is 2. The second-order valence-electron chi connectivity index (χ2n) is 7.18. The average molecular weight is 434 g/mol. The Morgan fingerprint density at radius 2 is 1.53 bits per heavy atom. The molecule has 0 unspecified atom stereocenters. The topological polar surface area (TPSA) is 58.6 Å². The maximum Gasteiger partial charge on any atom is 0.282 e. The molecule has 0 saturated heterocycles. The van der Waals surface area contributed by atoms with Crippen LogP contribution in [0.2, 0.25) is 0 Å². The van der Waals surface area contributed by atoms with Crippen LogP contribution in [0, 0.1) is 11.6 Å². The van der Waals surface area contributed by atoms with Crippen LogP contribution in [0.15, 0.2) is 78.5 Å². The summed E-state index contributed by atoms with van der Waals surface area (Å²) < 4.78 is 32.4. The van der Waals surface area contributed by atoms with E-state index >= 15 is 0 Å². The highest BCUT2D eigenvalue weighted by molar-refractivity contribution is 6.46. The van der Waals surface area contributed by atoms with Gasteiger partial charge in [-0.2, -0.15) is 0 Å². The number of nitrogens with zero attached hydrogens (tertiary/aromatic N) is 1. The van der Waals surface area contributed by atoms with E-state index in [-0.39, 0.29) is 11.3 Å². The number of imide groups is 1. The van der Waals surface area contributed by atoms with Crippen molar-refractivity contribution in [3.05, 3.63) is 95.7 Å². The van der Waals surface area contributed by atoms with Crippen molar-refractivity contribution >= 4 is 28.8 Å². The number of carbonyl (C=O) groups is 2. The molecule has 3 aromatic carbocycles. The van der Waals surface area contributed by atoms with Gasteiger partial charge in [0, 0.05) is 11.8 Å². The number of carbonyl (C=O) groups excluding carboxylic acids is 2. The standard InChI is InChI=1S/C25H20F2N2O3/c1-2-14-32-21-5-3-4-20(15-21)29-24(30)22(16-6-8-17(26)9-7-16)23(25(29)31)28-19-12-10-18(27)11-13-19/h3-13,15,28H,2,14H2,1H3. The number of nitrogens with one attached hydrogen (secondary N) is 1. The quantitative estimate of drug-likeness (QED) is 0.523. The van der Waals surface area contributed by atoms with E-state index in [0.29, 0.717) is 29.3 Å². The van der Waals surface area contributed by atoms with Crippen LogP contribution in [0.1, 0.15) is 18.9 Å². The molecule has 0 spiro atoms. The summed E-state index contributed by atoms with van der Waals surface area (Å²) in [7, 11) is 0. The van der Waals surface area contributed by atoms with E-state index in [1.807, 2.05) is 6.92 Å². The highest BCUT2D eigenvalue weighted by atomic mass is 19.1. The Labute approximate surface area is 183 Å². The fourth-order valence-corrected chi connectivity index (χ4v) is 3.37. The Morgan fingerprint density at radius 3 is 2.19 bits per heavy atom. The van der Waals surface area contributed by atoms with Gasteiger partial charge in [0.2, 0.25) is 0 Å². The van der Waals surface area contributed by atoms with Crippen molar-refractivity contribution in [2.24, 2.45) is 0 Å². The summed E-state index contributed by atoms with van der Waals surface area (Å²) in [6.07, 6.45) is 0.813. The van der Waals surface area contributed by atoms with E-state index in [1.165, 1.54) is 48.5 Å². The van der Waals surface area contributed by atoms with Gasteiger partial charge in [0.15, 0.2) is 0 Å². The summed E-state index contributed by atoms with van der Waals surface area (Å²) in [6, 6.07) is 17.4. The first-order valence-corrected chi connectivity index (χ1v) is 10.1. The van der Waals surface area contributed by atoms with Gasteiger partial charge in [-0.05, 0) is 60.5 Å². The lowest BCUT2D eigenvalue weighted by Crippen LogP contribution is -2.32. The maximum absolute atomic E-state index is 13.5. The fraction of sp³-hybridized carbons (Fsp3) is 0.120. The van der Waals surface area contributed by atoms with Crippen LogP contribution in [0.5, 0.6) is 5.75 Å². The normalized spacial score (nSPS) is 13.7. The lowest BCUT2D eigenvalue weighted by Gasteiger charge is -2.16. The summed E-state index contributed by atoms with van der Waals surface area (Å²) in [6.45, 7) is 2.48. The molecule has 3 aromatic rings. The van der Waals surface area contributed by atoms with Crippen molar-refractivity contribution in [3.8, 4) is 5.75 Å². The van der Waals surface area contributed by atoms with E-state index in [0.717, 1.165) is 11.3 Å². The third kappa shape index (κ3) is 4.23. The van der Waals surface area contributed by atoms with Crippen molar-refractivity contribution in [1.29, 1.82) is 0 Å². The van der Waals surface area contributed by atoms with Crippen molar-refractivity contribution in [2.45, 2.75) is 13.3 Å². The number of anilines is 2. The van der Waals surface area contributed by atoms with Crippen molar-refractivity contribution in [1.82, 2.24) is 0 Å². The van der Waals surface area contributed by atoms with Gasteiger partial charge in [0.25, 0.3) is 11.8 Å². The number of hydrogen-bond acceptors (Lipinski definition) is 4. The molecule has 2 amide bonds. The second kappa shape index (κ2) is 9.01. The van der Waals surface area contributed by atoms with Crippen molar-refractivity contribution in [2.75, 3.05) is 16.8 Å². The summed E-state index contributed by atoms with van der Waals surface area (Å²) >= 11 is 0. The molecule has 0 fully saturated rings. The molecule has 1 aliphatic rings. The van der Waals surface area contributed by atoms with E-state index in [2.05, 4.69) is 5.32 Å². The molecule has 1 aliphatic heterocycles. The van der Waals surface area contributed by atoms with Crippen LogP contribution < -0.4 is 15.0 Å². The molecular weight excluding hydrogens is 414 g/mol. The zero-order chi connectivity index (χ0) is 22.7. The third-order valence-electron chi connectivity index (χ3n) is 4.88. The maximum atomic E-state index is 13.5. The molecule has 0 saturated carbocycles. The highest BCUT2D eigenvalue weighted by Crippen LogP contribution is 2.35. The monoisotopic (exact) mass is 434 g/mol. The molecule has 5 nitrogen and oxygen atoms in total. The number of hydrogen-bond donors (Lipinski definition) is 1. The smallest absolute Gasteiger partial charge is 0.282 e. The van der Waals surface area contributed by atoms with Gasteiger partial charge in [-0.25, -0.2) is 13.7 Å². The number of ether oxygens (including phenoxy) is 1. The Bertz CT molecular complexity index is 1190. The molecule has 0 atom stereocenters. The number of benzene rings is 3. The van der Waals surface area contributed by atoms with Gasteiger partial charge < -0.3 is 10.1 Å². The summed E-state index contributed by atoms with van der Waals surface area (Å²) in [5.41, 5.74) is 1.29. The van der Waals surface area contributed by atoms with Crippen LogP contribution in [0.25, 0.3) is 5.57 Å². The Hall–Kier alpha value is -4.00. The zero-order valence-electron chi connectivity index (χ0n) is 17.3. The van der Waals surface area contributed by atoms with E-state index in [1.54, 1.807) is 24.3 Å². The van der Waals surface area contributed by atoms with Crippen LogP contribution in [0.3, 0.4) is 0 Å². The Balaban J connectivity index is 1.76. The molecular formula is C25H20F2N2O3. The minimum Gasteiger partial charge on any atom is -0.494 e. The van der Waals surface area contributed by atoms with Gasteiger partial charge >= 0.3 is 0 Å².